The van der Waals surface area contributed by atoms with Crippen molar-refractivity contribution in [2.75, 3.05) is 0 Å². The van der Waals surface area contributed by atoms with Crippen LogP contribution in [0.25, 0.3) is 0 Å². The van der Waals surface area contributed by atoms with Crippen molar-refractivity contribution in [1.82, 2.24) is 10.7 Å². The lowest BCUT2D eigenvalue weighted by molar-refractivity contribution is -0.527. The van der Waals surface area contributed by atoms with Crippen molar-refractivity contribution in [2.45, 2.75) is 57.5 Å². The van der Waals surface area contributed by atoms with E-state index in [1.54, 1.807) is 17.6 Å². The fraction of sp³-hybridized carbons (Fsp3) is 0.562. The largest absolute Gasteiger partial charge is 0.310 e. The SMILES string of the molecule is CC1(C)CC(c2ccc(C(=O)N[N+](=O)[O-])cc2)CC(C)(C)N1. The van der Waals surface area contributed by atoms with E-state index in [0.717, 1.165) is 12.8 Å². The highest BCUT2D eigenvalue weighted by molar-refractivity contribution is 5.93. The Hall–Kier alpha value is -1.95. The van der Waals surface area contributed by atoms with Gasteiger partial charge in [-0.2, -0.15) is 0 Å². The van der Waals surface area contributed by atoms with Crippen LogP contribution in [0.3, 0.4) is 0 Å². The second-order valence-corrected chi connectivity index (χ2v) is 7.32. The van der Waals surface area contributed by atoms with Gasteiger partial charge < -0.3 is 5.32 Å². The van der Waals surface area contributed by atoms with E-state index in [-0.39, 0.29) is 11.1 Å². The van der Waals surface area contributed by atoms with E-state index in [1.807, 2.05) is 12.1 Å². The summed E-state index contributed by atoms with van der Waals surface area (Å²) in [6.07, 6.45) is 2.02. The molecule has 2 N–H and O–H groups in total. The maximum atomic E-state index is 11.6. The Morgan fingerprint density at radius 3 is 2.14 bits per heavy atom. The predicted molar refractivity (Wildman–Crippen MR) is 84.2 cm³/mol. The van der Waals surface area contributed by atoms with Crippen LogP contribution in [0.15, 0.2) is 24.3 Å². The average Bonchev–Trinajstić information content (AvgIpc) is 2.34. The Kier molecular flexibility index (Phi) is 4.24. The summed E-state index contributed by atoms with van der Waals surface area (Å²) in [6.45, 7) is 8.78. The third-order valence-corrected chi connectivity index (χ3v) is 4.03. The van der Waals surface area contributed by atoms with Gasteiger partial charge >= 0.3 is 5.91 Å². The number of hydrazine groups is 1. The maximum absolute atomic E-state index is 11.6. The zero-order valence-electron chi connectivity index (χ0n) is 13.5. The standard InChI is InChI=1S/C16H23N3O3/c1-15(2)9-13(10-16(3,4)18-15)11-5-7-12(8-6-11)14(20)17-19(21)22/h5-8,13,18H,9-10H2,1-4H3,(H,17,20). The molecule has 1 aromatic rings. The van der Waals surface area contributed by atoms with Crippen LogP contribution >= 0.6 is 0 Å². The summed E-state index contributed by atoms with van der Waals surface area (Å²) in [6, 6.07) is 7.10. The Morgan fingerprint density at radius 1 is 1.18 bits per heavy atom. The molecule has 1 fully saturated rings. The normalized spacial score (nSPS) is 20.4. The van der Waals surface area contributed by atoms with Crippen LogP contribution in [-0.2, 0) is 0 Å². The lowest BCUT2D eigenvalue weighted by Crippen LogP contribution is -2.57. The molecule has 1 amide bonds. The number of piperidine rings is 1. The first-order chi connectivity index (χ1) is 10.1. The van der Waals surface area contributed by atoms with Crippen LogP contribution < -0.4 is 10.7 Å². The third-order valence-electron chi connectivity index (χ3n) is 4.03. The summed E-state index contributed by atoms with van der Waals surface area (Å²) in [5.74, 6) is -0.290. The molecule has 0 aliphatic carbocycles. The minimum absolute atomic E-state index is 0.0497. The molecule has 1 saturated heterocycles. The number of hydrogen-bond donors (Lipinski definition) is 2. The summed E-state index contributed by atoms with van der Waals surface area (Å²) in [5, 5.41) is 13.1. The van der Waals surface area contributed by atoms with Crippen LogP contribution in [0.4, 0.5) is 0 Å². The van der Waals surface area contributed by atoms with Gasteiger partial charge in [0.2, 0.25) is 0 Å². The first-order valence-electron chi connectivity index (χ1n) is 7.43. The lowest BCUT2D eigenvalue weighted by Gasteiger charge is -2.46. The molecule has 0 aromatic heterocycles. The second-order valence-electron chi connectivity index (χ2n) is 7.32. The molecule has 2 rings (SSSR count). The molecule has 120 valence electrons. The quantitative estimate of drug-likeness (QED) is 0.664. The summed E-state index contributed by atoms with van der Waals surface area (Å²) in [4.78, 5) is 21.9. The first kappa shape index (κ1) is 16.4. The molecule has 0 saturated carbocycles. The molecule has 0 radical (unpaired) electrons. The van der Waals surface area contributed by atoms with E-state index in [0.29, 0.717) is 11.5 Å². The van der Waals surface area contributed by atoms with Gasteiger partial charge in [-0.1, -0.05) is 17.6 Å². The van der Waals surface area contributed by atoms with Crippen molar-refractivity contribution in [1.29, 1.82) is 0 Å². The lowest BCUT2D eigenvalue weighted by atomic mass is 9.73. The zero-order chi connectivity index (χ0) is 16.5. The highest BCUT2D eigenvalue weighted by atomic mass is 16.7. The number of benzene rings is 1. The Balaban J connectivity index is 2.16. The van der Waals surface area contributed by atoms with Gasteiger partial charge in [0.15, 0.2) is 5.03 Å². The van der Waals surface area contributed by atoms with Gasteiger partial charge in [0.1, 0.15) is 0 Å². The first-order valence-corrected chi connectivity index (χ1v) is 7.43. The fourth-order valence-electron chi connectivity index (χ4n) is 3.61. The van der Waals surface area contributed by atoms with E-state index in [4.69, 9.17) is 0 Å². The fourth-order valence-corrected chi connectivity index (χ4v) is 3.61. The molecule has 0 unspecified atom stereocenters. The third kappa shape index (κ3) is 4.04. The van der Waals surface area contributed by atoms with Crippen molar-refractivity contribution in [2.24, 2.45) is 0 Å². The van der Waals surface area contributed by atoms with Crippen molar-refractivity contribution in [3.05, 3.63) is 45.5 Å². The van der Waals surface area contributed by atoms with Gasteiger partial charge in [-0.25, -0.2) is 10.1 Å². The summed E-state index contributed by atoms with van der Waals surface area (Å²) < 4.78 is 0. The van der Waals surface area contributed by atoms with Crippen molar-refractivity contribution in [3.8, 4) is 0 Å². The van der Waals surface area contributed by atoms with Crippen LogP contribution in [0.2, 0.25) is 0 Å². The number of nitrogens with zero attached hydrogens (tertiary/aromatic N) is 1. The molecule has 1 heterocycles. The number of amides is 1. The number of rotatable bonds is 3. The Labute approximate surface area is 130 Å². The second kappa shape index (κ2) is 5.68. The van der Waals surface area contributed by atoms with Crippen LogP contribution in [0.5, 0.6) is 0 Å². The molecule has 1 aromatic carbocycles. The highest BCUT2D eigenvalue weighted by Gasteiger charge is 2.38. The van der Waals surface area contributed by atoms with E-state index in [1.165, 1.54) is 5.56 Å². The van der Waals surface area contributed by atoms with E-state index < -0.39 is 10.9 Å². The molecule has 6 nitrogen and oxygen atoms in total. The van der Waals surface area contributed by atoms with Gasteiger partial charge in [0, 0.05) is 16.6 Å². The Morgan fingerprint density at radius 2 is 1.68 bits per heavy atom. The summed E-state index contributed by atoms with van der Waals surface area (Å²) in [7, 11) is 0. The van der Waals surface area contributed by atoms with E-state index in [9.17, 15) is 14.9 Å². The predicted octanol–water partition coefficient (Wildman–Crippen LogP) is 2.63. The van der Waals surface area contributed by atoms with Gasteiger partial charge in [-0.05, 0) is 64.2 Å². The smallest absolute Gasteiger partial charge is 0.307 e. The Bertz CT molecular complexity index is 563. The molecule has 1 aliphatic heterocycles. The van der Waals surface area contributed by atoms with E-state index in [2.05, 4.69) is 33.0 Å². The van der Waals surface area contributed by atoms with E-state index >= 15 is 0 Å². The van der Waals surface area contributed by atoms with Crippen LogP contribution in [-0.4, -0.2) is 22.0 Å². The minimum atomic E-state index is -0.839. The highest BCUT2D eigenvalue weighted by Crippen LogP contribution is 2.38. The van der Waals surface area contributed by atoms with Crippen molar-refractivity contribution < 1.29 is 9.83 Å². The monoisotopic (exact) mass is 305 g/mol. The van der Waals surface area contributed by atoms with Gasteiger partial charge in [-0.15, -0.1) is 0 Å². The van der Waals surface area contributed by atoms with Crippen LogP contribution in [0.1, 0.15) is 62.4 Å². The number of hydrogen-bond acceptors (Lipinski definition) is 4. The molecular formula is C16H23N3O3. The maximum Gasteiger partial charge on any atom is 0.310 e. The van der Waals surface area contributed by atoms with Crippen LogP contribution in [0, 0.1) is 10.1 Å². The number of carbonyl (C=O) groups is 1. The zero-order valence-corrected chi connectivity index (χ0v) is 13.5. The van der Waals surface area contributed by atoms with Crippen molar-refractivity contribution in [3.63, 3.8) is 0 Å². The summed E-state index contributed by atoms with van der Waals surface area (Å²) in [5.41, 5.74) is 3.22. The number of nitrogens with one attached hydrogen (secondary N) is 2. The van der Waals surface area contributed by atoms with Crippen molar-refractivity contribution >= 4 is 5.91 Å². The molecule has 0 atom stereocenters. The molecule has 0 bridgehead atoms. The van der Waals surface area contributed by atoms with Gasteiger partial charge in [0.25, 0.3) is 0 Å². The number of nitro groups is 1. The molecule has 6 heteroatoms. The molecule has 1 aliphatic rings. The minimum Gasteiger partial charge on any atom is -0.307 e. The molecule has 0 spiro atoms. The van der Waals surface area contributed by atoms with Gasteiger partial charge in [0.05, 0.1) is 0 Å². The number of carbonyl (C=O) groups excluding carboxylic acids is 1. The topological polar surface area (TPSA) is 84.3 Å². The summed E-state index contributed by atoms with van der Waals surface area (Å²) >= 11 is 0. The average molecular weight is 305 g/mol. The van der Waals surface area contributed by atoms with Gasteiger partial charge in [-0.3, -0.25) is 4.79 Å². The molecular weight excluding hydrogens is 282 g/mol. The molecule has 22 heavy (non-hydrogen) atoms.